The van der Waals surface area contributed by atoms with E-state index in [2.05, 4.69) is 5.32 Å². The van der Waals surface area contributed by atoms with E-state index in [1.807, 2.05) is 45.0 Å². The number of anilines is 1. The minimum atomic E-state index is -0.294. The molecule has 0 radical (unpaired) electrons. The third-order valence-electron chi connectivity index (χ3n) is 5.47. The number of allylic oxidation sites excluding steroid dienone is 1. The van der Waals surface area contributed by atoms with E-state index in [1.54, 1.807) is 37.6 Å². The number of fused-ring (bicyclic) bond motifs is 1. The van der Waals surface area contributed by atoms with Crippen LogP contribution in [0.5, 0.6) is 5.75 Å². The topological polar surface area (TPSA) is 51.5 Å². The number of hydrogen-bond acceptors (Lipinski definition) is 3. The van der Waals surface area contributed by atoms with Gasteiger partial charge in [-0.2, -0.15) is 0 Å². The van der Waals surface area contributed by atoms with Crippen molar-refractivity contribution < 1.29 is 18.3 Å². The van der Waals surface area contributed by atoms with Crippen LogP contribution in [0.15, 0.2) is 71.4 Å². The number of amides is 1. The van der Waals surface area contributed by atoms with Crippen molar-refractivity contribution in [3.05, 3.63) is 89.4 Å². The summed E-state index contributed by atoms with van der Waals surface area (Å²) in [5, 5.41) is 3.81. The number of ether oxygens (including phenoxy) is 1. The van der Waals surface area contributed by atoms with Gasteiger partial charge in [-0.05, 0) is 67.3 Å². The number of benzene rings is 3. The summed E-state index contributed by atoms with van der Waals surface area (Å²) in [5.41, 5.74) is 6.72. The first-order valence-corrected chi connectivity index (χ1v) is 10.3. The lowest BCUT2D eigenvalue weighted by molar-refractivity contribution is -0.111. The van der Waals surface area contributed by atoms with Crippen LogP contribution >= 0.6 is 0 Å². The van der Waals surface area contributed by atoms with Gasteiger partial charge in [0, 0.05) is 34.3 Å². The van der Waals surface area contributed by atoms with Gasteiger partial charge in [-0.1, -0.05) is 24.3 Å². The molecular formula is C27H24FNO3. The van der Waals surface area contributed by atoms with Crippen molar-refractivity contribution in [1.82, 2.24) is 0 Å². The molecule has 0 aliphatic carbocycles. The van der Waals surface area contributed by atoms with Gasteiger partial charge in [-0.25, -0.2) is 4.39 Å². The minimum Gasteiger partial charge on any atom is -0.496 e. The Hall–Kier alpha value is -3.86. The summed E-state index contributed by atoms with van der Waals surface area (Å²) in [4.78, 5) is 12.7. The zero-order chi connectivity index (χ0) is 22.8. The van der Waals surface area contributed by atoms with Crippen molar-refractivity contribution in [2.45, 2.75) is 20.8 Å². The second kappa shape index (κ2) is 8.71. The molecule has 1 aromatic heterocycles. The van der Waals surface area contributed by atoms with Crippen molar-refractivity contribution in [3.63, 3.8) is 0 Å². The Morgan fingerprint density at radius 1 is 1.06 bits per heavy atom. The molecule has 4 rings (SSSR count). The van der Waals surface area contributed by atoms with E-state index in [9.17, 15) is 9.18 Å². The van der Waals surface area contributed by atoms with Gasteiger partial charge in [0.15, 0.2) is 0 Å². The van der Waals surface area contributed by atoms with Gasteiger partial charge in [0.1, 0.15) is 17.1 Å². The molecule has 0 fully saturated rings. The van der Waals surface area contributed by atoms with Crippen molar-refractivity contribution in [1.29, 1.82) is 0 Å². The fraction of sp³-hybridized carbons (Fsp3) is 0.148. The Bertz CT molecular complexity index is 1330. The average molecular weight is 429 g/mol. The summed E-state index contributed by atoms with van der Waals surface area (Å²) in [6.07, 6.45) is 3.20. The molecule has 4 nitrogen and oxygen atoms in total. The van der Waals surface area contributed by atoms with Crippen LogP contribution in [0, 0.1) is 19.7 Å². The van der Waals surface area contributed by atoms with Gasteiger partial charge in [-0.15, -0.1) is 0 Å². The molecule has 0 aliphatic rings. The van der Waals surface area contributed by atoms with E-state index in [1.165, 1.54) is 12.1 Å². The van der Waals surface area contributed by atoms with Crippen LogP contribution in [-0.2, 0) is 4.79 Å². The molecule has 0 bridgehead atoms. The maximum Gasteiger partial charge on any atom is 0.248 e. The third kappa shape index (κ3) is 4.28. The van der Waals surface area contributed by atoms with E-state index < -0.39 is 0 Å². The molecule has 0 saturated heterocycles. The molecule has 0 spiro atoms. The lowest BCUT2D eigenvalue weighted by atomic mass is 9.99. The van der Waals surface area contributed by atoms with E-state index in [0.29, 0.717) is 11.3 Å². The molecule has 1 amide bonds. The van der Waals surface area contributed by atoms with Crippen molar-refractivity contribution in [2.75, 3.05) is 12.4 Å². The van der Waals surface area contributed by atoms with Crippen LogP contribution in [0.1, 0.15) is 23.6 Å². The molecule has 1 heterocycles. The summed E-state index contributed by atoms with van der Waals surface area (Å²) in [7, 11) is 1.58. The monoisotopic (exact) mass is 429 g/mol. The zero-order valence-corrected chi connectivity index (χ0v) is 18.5. The van der Waals surface area contributed by atoms with E-state index >= 15 is 0 Å². The third-order valence-corrected chi connectivity index (χ3v) is 5.47. The van der Waals surface area contributed by atoms with Gasteiger partial charge in [0.2, 0.25) is 5.91 Å². The Kier molecular flexibility index (Phi) is 5.82. The Balaban J connectivity index is 1.71. The molecular weight excluding hydrogens is 405 g/mol. The zero-order valence-electron chi connectivity index (χ0n) is 18.5. The highest BCUT2D eigenvalue weighted by Crippen LogP contribution is 2.37. The molecule has 0 aliphatic heterocycles. The number of rotatable bonds is 5. The van der Waals surface area contributed by atoms with Crippen LogP contribution in [0.25, 0.3) is 27.7 Å². The van der Waals surface area contributed by atoms with Crippen LogP contribution in [0.2, 0.25) is 0 Å². The van der Waals surface area contributed by atoms with Crippen molar-refractivity contribution in [2.24, 2.45) is 0 Å². The first-order chi connectivity index (χ1) is 15.4. The molecule has 4 aromatic rings. The summed E-state index contributed by atoms with van der Waals surface area (Å²) in [5.74, 6) is 0.0904. The quantitative estimate of drug-likeness (QED) is 0.351. The molecule has 5 heteroatoms. The fourth-order valence-electron chi connectivity index (χ4n) is 3.70. The van der Waals surface area contributed by atoms with Crippen LogP contribution in [-0.4, -0.2) is 13.0 Å². The van der Waals surface area contributed by atoms with Gasteiger partial charge >= 0.3 is 0 Å². The van der Waals surface area contributed by atoms with Crippen LogP contribution in [0.3, 0.4) is 0 Å². The number of methoxy groups -OCH3 is 1. The number of hydrogen-bond donors (Lipinski definition) is 1. The maximum absolute atomic E-state index is 13.4. The Morgan fingerprint density at radius 3 is 2.53 bits per heavy atom. The van der Waals surface area contributed by atoms with Crippen molar-refractivity contribution in [3.8, 4) is 16.9 Å². The number of furan rings is 1. The van der Waals surface area contributed by atoms with Crippen LogP contribution in [0.4, 0.5) is 10.1 Å². The Morgan fingerprint density at radius 2 is 1.81 bits per heavy atom. The number of halogens is 1. The molecule has 3 aromatic carbocycles. The molecule has 0 unspecified atom stereocenters. The summed E-state index contributed by atoms with van der Waals surface area (Å²) < 4.78 is 24.6. The van der Waals surface area contributed by atoms with Crippen molar-refractivity contribution >= 4 is 28.1 Å². The lowest BCUT2D eigenvalue weighted by Crippen LogP contribution is -2.10. The molecule has 1 N–H and O–H groups in total. The van der Waals surface area contributed by atoms with E-state index in [4.69, 9.17) is 9.15 Å². The average Bonchev–Trinajstić information content (AvgIpc) is 3.18. The smallest absolute Gasteiger partial charge is 0.248 e. The number of carbonyl (C=O) groups excluding carboxylic acids is 1. The second-order valence-corrected chi connectivity index (χ2v) is 7.84. The molecule has 32 heavy (non-hydrogen) atoms. The minimum absolute atomic E-state index is 0.218. The molecule has 0 atom stereocenters. The number of aryl methyl sites for hydroxylation is 2. The predicted molar refractivity (Wildman–Crippen MR) is 126 cm³/mol. The first-order valence-electron chi connectivity index (χ1n) is 10.3. The summed E-state index contributed by atoms with van der Waals surface area (Å²) in [6.45, 7) is 5.81. The Labute approximate surface area is 186 Å². The van der Waals surface area contributed by atoms with Gasteiger partial charge in [0.05, 0.1) is 13.4 Å². The molecule has 0 saturated carbocycles. The number of nitrogens with one attached hydrogen (secondary N) is 1. The fourth-order valence-corrected chi connectivity index (χ4v) is 3.70. The predicted octanol–water partition coefficient (Wildman–Crippen LogP) is 6.91. The van der Waals surface area contributed by atoms with Crippen LogP contribution < -0.4 is 10.1 Å². The van der Waals surface area contributed by atoms with E-state index in [0.717, 1.165) is 44.5 Å². The van der Waals surface area contributed by atoms with Gasteiger partial charge in [-0.3, -0.25) is 4.79 Å². The summed E-state index contributed by atoms with van der Waals surface area (Å²) >= 11 is 0. The van der Waals surface area contributed by atoms with E-state index in [-0.39, 0.29) is 11.7 Å². The maximum atomic E-state index is 13.4. The molecule has 162 valence electrons. The highest BCUT2D eigenvalue weighted by Gasteiger charge is 2.15. The standard InChI is InChI=1S/C27H24FNO3/c1-16-5-6-17(2)24(11-16)29-27(30)12-18(3)21-13-22-23(19-7-9-20(28)10-8-19)15-32-26(22)14-25(21)31-4/h5-15H,1-4H3,(H,29,30)/b18-12+. The highest BCUT2D eigenvalue weighted by atomic mass is 19.1. The first kappa shape index (κ1) is 21.4. The van der Waals surface area contributed by atoms with Gasteiger partial charge < -0.3 is 14.5 Å². The second-order valence-electron chi connectivity index (χ2n) is 7.84. The van der Waals surface area contributed by atoms with Gasteiger partial charge in [0.25, 0.3) is 0 Å². The largest absolute Gasteiger partial charge is 0.496 e. The normalized spacial score (nSPS) is 11.6. The summed E-state index contributed by atoms with van der Waals surface area (Å²) in [6, 6.07) is 15.9. The number of carbonyl (C=O) groups is 1. The SMILES string of the molecule is COc1cc2occ(-c3ccc(F)cc3)c2cc1/C(C)=C/C(=O)Nc1cc(C)ccc1C. The highest BCUT2D eigenvalue weighted by molar-refractivity contribution is 6.05. The lowest BCUT2D eigenvalue weighted by Gasteiger charge is -2.11.